The molecule has 0 aromatic heterocycles. The molecule has 0 radical (unpaired) electrons. The van der Waals surface area contributed by atoms with Gasteiger partial charge in [-0.25, -0.2) is 0 Å². The molecule has 0 spiro atoms. The third-order valence-electron chi connectivity index (χ3n) is 2.64. The van der Waals surface area contributed by atoms with Crippen LogP contribution in [-0.4, -0.2) is 18.5 Å². The summed E-state index contributed by atoms with van der Waals surface area (Å²) in [5, 5.41) is 0. The Hall–Kier alpha value is -1.51. The minimum Gasteiger partial charge on any atom is -0.494 e. The molecule has 1 fully saturated rings. The van der Waals surface area contributed by atoms with Crippen molar-refractivity contribution in [1.82, 2.24) is 0 Å². The first-order valence-corrected chi connectivity index (χ1v) is 5.69. The zero-order valence-corrected chi connectivity index (χ0v) is 9.44. The molecule has 1 aliphatic carbocycles. The van der Waals surface area contributed by atoms with Crippen molar-refractivity contribution >= 4 is 5.78 Å². The first kappa shape index (κ1) is 11.0. The predicted molar refractivity (Wildman–Crippen MR) is 60.9 cm³/mol. The first-order chi connectivity index (χ1) is 7.78. The lowest BCUT2D eigenvalue weighted by Crippen LogP contribution is -2.11. The fourth-order valence-electron chi connectivity index (χ4n) is 1.85. The van der Waals surface area contributed by atoms with Crippen molar-refractivity contribution in [2.45, 2.75) is 32.3 Å². The smallest absolute Gasteiger partial charge is 0.136 e. The van der Waals surface area contributed by atoms with Crippen LogP contribution in [0.25, 0.3) is 0 Å². The van der Waals surface area contributed by atoms with E-state index in [4.69, 9.17) is 9.47 Å². The Labute approximate surface area is 95.4 Å². The monoisotopic (exact) mass is 220 g/mol. The van der Waals surface area contributed by atoms with Crippen LogP contribution in [0.1, 0.15) is 26.2 Å². The van der Waals surface area contributed by atoms with E-state index in [9.17, 15) is 4.79 Å². The highest BCUT2D eigenvalue weighted by atomic mass is 16.5. The number of rotatable bonds is 4. The van der Waals surface area contributed by atoms with Gasteiger partial charge in [0.15, 0.2) is 0 Å². The van der Waals surface area contributed by atoms with E-state index in [1.165, 1.54) is 0 Å². The van der Waals surface area contributed by atoms with Crippen molar-refractivity contribution in [2.24, 2.45) is 0 Å². The number of carbonyl (C=O) groups excluding carboxylic acids is 1. The molecule has 0 bridgehead atoms. The molecule has 86 valence electrons. The Balaban J connectivity index is 1.92. The van der Waals surface area contributed by atoms with Crippen molar-refractivity contribution in [3.05, 3.63) is 24.3 Å². The molecule has 1 atom stereocenters. The molecule has 3 nitrogen and oxygen atoms in total. The number of Topliss-reactive ketones (excluding diaryl/α,β-unsaturated/α-hetero) is 1. The molecule has 0 aliphatic heterocycles. The van der Waals surface area contributed by atoms with Crippen LogP contribution in [-0.2, 0) is 4.79 Å². The lowest BCUT2D eigenvalue weighted by molar-refractivity contribution is -0.117. The van der Waals surface area contributed by atoms with Crippen LogP contribution in [0.3, 0.4) is 0 Å². The van der Waals surface area contributed by atoms with E-state index < -0.39 is 0 Å². The van der Waals surface area contributed by atoms with Gasteiger partial charge in [-0.2, -0.15) is 0 Å². The Morgan fingerprint density at radius 1 is 1.25 bits per heavy atom. The predicted octanol–water partition coefficient (Wildman–Crippen LogP) is 2.59. The largest absolute Gasteiger partial charge is 0.494 e. The lowest BCUT2D eigenvalue weighted by Gasteiger charge is -2.12. The average Bonchev–Trinajstić information content (AvgIpc) is 2.67. The maximum Gasteiger partial charge on any atom is 0.136 e. The van der Waals surface area contributed by atoms with Crippen molar-refractivity contribution in [3.63, 3.8) is 0 Å². The number of ether oxygens (including phenoxy) is 2. The molecule has 1 aromatic rings. The van der Waals surface area contributed by atoms with E-state index in [1.807, 2.05) is 31.2 Å². The van der Waals surface area contributed by atoms with Gasteiger partial charge in [0.2, 0.25) is 0 Å². The molecule has 1 aromatic carbocycles. The highest BCUT2D eigenvalue weighted by Crippen LogP contribution is 2.23. The Kier molecular flexibility index (Phi) is 3.44. The van der Waals surface area contributed by atoms with Gasteiger partial charge in [-0.3, -0.25) is 4.79 Å². The molecule has 0 N–H and O–H groups in total. The van der Waals surface area contributed by atoms with E-state index in [2.05, 4.69) is 0 Å². The zero-order valence-electron chi connectivity index (χ0n) is 9.44. The van der Waals surface area contributed by atoms with Gasteiger partial charge >= 0.3 is 0 Å². The second-order valence-electron chi connectivity index (χ2n) is 3.93. The van der Waals surface area contributed by atoms with Gasteiger partial charge in [0.05, 0.1) is 6.61 Å². The molecule has 0 amide bonds. The van der Waals surface area contributed by atoms with Gasteiger partial charge in [0.25, 0.3) is 0 Å². The highest BCUT2D eigenvalue weighted by Gasteiger charge is 2.23. The summed E-state index contributed by atoms with van der Waals surface area (Å²) >= 11 is 0. The average molecular weight is 220 g/mol. The van der Waals surface area contributed by atoms with E-state index in [1.54, 1.807) is 0 Å². The SMILES string of the molecule is CCOc1ccc(OC2CCC(=O)C2)cc1. The van der Waals surface area contributed by atoms with Gasteiger partial charge in [-0.15, -0.1) is 0 Å². The molecular weight excluding hydrogens is 204 g/mol. The van der Waals surface area contributed by atoms with Crippen LogP contribution < -0.4 is 9.47 Å². The number of carbonyl (C=O) groups is 1. The number of hydrogen-bond acceptors (Lipinski definition) is 3. The zero-order chi connectivity index (χ0) is 11.4. The maximum atomic E-state index is 11.1. The summed E-state index contributed by atoms with van der Waals surface area (Å²) in [4.78, 5) is 11.1. The number of ketones is 1. The van der Waals surface area contributed by atoms with Crippen LogP contribution in [0.2, 0.25) is 0 Å². The van der Waals surface area contributed by atoms with Gasteiger partial charge in [-0.05, 0) is 37.6 Å². The van der Waals surface area contributed by atoms with Gasteiger partial charge in [0, 0.05) is 12.8 Å². The minimum absolute atomic E-state index is 0.0606. The quantitative estimate of drug-likeness (QED) is 0.782. The van der Waals surface area contributed by atoms with Crippen LogP contribution in [0.5, 0.6) is 11.5 Å². The van der Waals surface area contributed by atoms with Gasteiger partial charge < -0.3 is 9.47 Å². The van der Waals surface area contributed by atoms with E-state index in [-0.39, 0.29) is 6.10 Å². The van der Waals surface area contributed by atoms with Crippen LogP contribution >= 0.6 is 0 Å². The second kappa shape index (κ2) is 5.01. The minimum atomic E-state index is 0.0606. The summed E-state index contributed by atoms with van der Waals surface area (Å²) < 4.78 is 11.0. The molecule has 1 unspecified atom stereocenters. The normalized spacial score (nSPS) is 19.8. The summed E-state index contributed by atoms with van der Waals surface area (Å²) in [6.07, 6.45) is 2.10. The van der Waals surface area contributed by atoms with Crippen molar-refractivity contribution in [2.75, 3.05) is 6.61 Å². The van der Waals surface area contributed by atoms with E-state index >= 15 is 0 Å². The molecule has 1 saturated carbocycles. The molecule has 0 heterocycles. The summed E-state index contributed by atoms with van der Waals surface area (Å²) in [5.74, 6) is 1.96. The van der Waals surface area contributed by atoms with Crippen LogP contribution in [0.15, 0.2) is 24.3 Å². The van der Waals surface area contributed by atoms with Crippen molar-refractivity contribution in [3.8, 4) is 11.5 Å². The molecule has 1 aliphatic rings. The van der Waals surface area contributed by atoms with Gasteiger partial charge in [0.1, 0.15) is 23.4 Å². The third-order valence-corrected chi connectivity index (χ3v) is 2.64. The Bertz CT molecular complexity index is 356. The summed E-state index contributed by atoms with van der Waals surface area (Å²) in [5.41, 5.74) is 0. The van der Waals surface area contributed by atoms with Crippen molar-refractivity contribution < 1.29 is 14.3 Å². The van der Waals surface area contributed by atoms with Crippen LogP contribution in [0.4, 0.5) is 0 Å². The second-order valence-corrected chi connectivity index (χ2v) is 3.93. The third kappa shape index (κ3) is 2.75. The summed E-state index contributed by atoms with van der Waals surface area (Å²) in [6.45, 7) is 2.62. The Morgan fingerprint density at radius 2 is 1.94 bits per heavy atom. The molecule has 2 rings (SSSR count). The Morgan fingerprint density at radius 3 is 2.50 bits per heavy atom. The van der Waals surface area contributed by atoms with E-state index in [0.717, 1.165) is 17.9 Å². The lowest BCUT2D eigenvalue weighted by atomic mass is 10.3. The number of hydrogen-bond donors (Lipinski definition) is 0. The first-order valence-electron chi connectivity index (χ1n) is 5.69. The fourth-order valence-corrected chi connectivity index (χ4v) is 1.85. The van der Waals surface area contributed by atoms with Gasteiger partial charge in [-0.1, -0.05) is 0 Å². The van der Waals surface area contributed by atoms with E-state index in [0.29, 0.717) is 25.2 Å². The topological polar surface area (TPSA) is 35.5 Å². The highest BCUT2D eigenvalue weighted by molar-refractivity contribution is 5.81. The summed E-state index contributed by atoms with van der Waals surface area (Å²) in [6, 6.07) is 7.53. The summed E-state index contributed by atoms with van der Waals surface area (Å²) in [7, 11) is 0. The van der Waals surface area contributed by atoms with Crippen LogP contribution in [0, 0.1) is 0 Å². The molecule has 16 heavy (non-hydrogen) atoms. The molecule has 0 saturated heterocycles. The fraction of sp³-hybridized carbons (Fsp3) is 0.462. The molecular formula is C13H16O3. The standard InChI is InChI=1S/C13H16O3/c1-2-15-11-5-7-12(8-6-11)16-13-4-3-10(14)9-13/h5-8,13H,2-4,9H2,1H3. The number of benzene rings is 1. The van der Waals surface area contributed by atoms with Crippen molar-refractivity contribution in [1.29, 1.82) is 0 Å². The molecule has 3 heteroatoms. The maximum absolute atomic E-state index is 11.1.